The average molecular weight is 794 g/mol. The summed E-state index contributed by atoms with van der Waals surface area (Å²) < 4.78 is 9.14. The van der Waals surface area contributed by atoms with Gasteiger partial charge in [-0.25, -0.2) is 4.99 Å². The van der Waals surface area contributed by atoms with Crippen LogP contribution in [0.25, 0.3) is 83.3 Å². The van der Waals surface area contributed by atoms with Crippen molar-refractivity contribution in [2.24, 2.45) is 4.99 Å². The van der Waals surface area contributed by atoms with Crippen molar-refractivity contribution in [3.05, 3.63) is 241 Å². The molecule has 1 unspecified atom stereocenters. The van der Waals surface area contributed by atoms with Gasteiger partial charge in [-0.15, -0.1) is 0 Å². The summed E-state index contributed by atoms with van der Waals surface area (Å²) in [5, 5.41) is 6.15. The van der Waals surface area contributed by atoms with E-state index >= 15 is 0 Å². The molecule has 0 aliphatic carbocycles. The molecule has 0 radical (unpaired) electrons. The molecule has 0 bridgehead atoms. The Morgan fingerprint density at radius 3 is 1.35 bits per heavy atom. The zero-order chi connectivity index (χ0) is 41.0. The van der Waals surface area contributed by atoms with Gasteiger partial charge in [0.05, 0.1) is 28.0 Å². The lowest BCUT2D eigenvalue weighted by atomic mass is 9.91. The number of fused-ring (bicyclic) bond motifs is 6. The van der Waals surface area contributed by atoms with Crippen molar-refractivity contribution in [1.29, 1.82) is 0 Å². The van der Waals surface area contributed by atoms with E-state index in [2.05, 4.69) is 216 Å². The molecule has 3 heterocycles. The van der Waals surface area contributed by atoms with Crippen molar-refractivity contribution in [3.8, 4) is 55.9 Å². The van der Waals surface area contributed by atoms with E-state index in [9.17, 15) is 0 Å². The quantitative estimate of drug-likeness (QED) is 0.175. The molecule has 4 heteroatoms. The second-order valence-electron chi connectivity index (χ2n) is 15.9. The third kappa shape index (κ3) is 6.03. The van der Waals surface area contributed by atoms with E-state index in [1.54, 1.807) is 0 Å². The number of nitrogens with one attached hydrogen (secondary N) is 1. The standard InChI is InChI=1S/C58H39N3O/c1-6-18-38(19-7-1)43-30-32-51-49(34-43)50-35-44(39-20-8-2-9-21-39)31-33-52(50)61(51)56-47(40-22-10-3-11-23-40)36-45(37-48(56)41-24-12-4-13-25-41)57-59-55(42-26-14-5-15-27-42)54-46-28-16-17-29-53(46)62-58(54)60-57/h1-37,58H,(H,59,60). The maximum atomic E-state index is 6.65. The third-order valence-electron chi connectivity index (χ3n) is 12.2. The van der Waals surface area contributed by atoms with E-state index in [1.165, 1.54) is 33.0 Å². The molecule has 12 rings (SSSR count). The fourth-order valence-electron chi connectivity index (χ4n) is 9.34. The third-order valence-corrected chi connectivity index (χ3v) is 12.2. The van der Waals surface area contributed by atoms with Gasteiger partial charge in [0, 0.05) is 38.6 Å². The Morgan fingerprint density at radius 2 is 0.839 bits per heavy atom. The van der Waals surface area contributed by atoms with Crippen LogP contribution in [0.1, 0.15) is 16.7 Å². The predicted molar refractivity (Wildman–Crippen MR) is 256 cm³/mol. The van der Waals surface area contributed by atoms with Crippen LogP contribution in [-0.2, 0) is 0 Å². The molecule has 292 valence electrons. The number of ether oxygens (including phenoxy) is 1. The second-order valence-corrected chi connectivity index (χ2v) is 15.9. The monoisotopic (exact) mass is 793 g/mol. The molecule has 1 aromatic heterocycles. The molecule has 1 atom stereocenters. The van der Waals surface area contributed by atoms with E-state index in [4.69, 9.17) is 9.73 Å². The minimum Gasteiger partial charge on any atom is -0.466 e. The minimum absolute atomic E-state index is 0.398. The Balaban J connectivity index is 1.15. The maximum absolute atomic E-state index is 6.65. The number of aromatic nitrogens is 1. The molecule has 1 N–H and O–H groups in total. The van der Waals surface area contributed by atoms with Crippen LogP contribution in [-0.4, -0.2) is 16.6 Å². The average Bonchev–Trinajstić information content (AvgIpc) is 3.89. The topological polar surface area (TPSA) is 38.5 Å². The molecule has 0 spiro atoms. The molecule has 0 amide bonds. The summed E-state index contributed by atoms with van der Waals surface area (Å²) in [6, 6.07) is 80.1. The van der Waals surface area contributed by atoms with E-state index in [0.717, 1.165) is 78.5 Å². The molecular weight excluding hydrogens is 755 g/mol. The normalized spacial score (nSPS) is 14.3. The Kier molecular flexibility index (Phi) is 8.53. The van der Waals surface area contributed by atoms with Crippen LogP contribution in [0.4, 0.5) is 0 Å². The summed E-state index contributed by atoms with van der Waals surface area (Å²) in [7, 11) is 0. The lowest BCUT2D eigenvalue weighted by Gasteiger charge is -2.26. The van der Waals surface area contributed by atoms with E-state index < -0.39 is 6.23 Å². The van der Waals surface area contributed by atoms with Gasteiger partial charge in [0.25, 0.3) is 0 Å². The Labute approximate surface area is 360 Å². The van der Waals surface area contributed by atoms with Gasteiger partial charge in [-0.2, -0.15) is 0 Å². The van der Waals surface area contributed by atoms with Gasteiger partial charge in [-0.05, 0) is 75.8 Å². The first-order chi connectivity index (χ1) is 30.7. The molecule has 0 saturated carbocycles. The molecule has 4 nitrogen and oxygen atoms in total. The lowest BCUT2D eigenvalue weighted by molar-refractivity contribution is 0.261. The number of para-hydroxylation sites is 1. The summed E-state index contributed by atoms with van der Waals surface area (Å²) in [6.45, 7) is 0. The van der Waals surface area contributed by atoms with Gasteiger partial charge in [0.2, 0.25) is 0 Å². The molecule has 0 fully saturated rings. The zero-order valence-electron chi connectivity index (χ0n) is 33.7. The summed E-state index contributed by atoms with van der Waals surface area (Å²) in [5.74, 6) is 1.61. The minimum atomic E-state index is -0.398. The maximum Gasteiger partial charge on any atom is 0.200 e. The number of rotatable bonds is 7. The summed E-state index contributed by atoms with van der Waals surface area (Å²) >= 11 is 0. The molecule has 0 saturated heterocycles. The van der Waals surface area contributed by atoms with E-state index in [1.807, 2.05) is 18.2 Å². The Hall–Kier alpha value is -8.21. The first-order valence-electron chi connectivity index (χ1n) is 21.1. The molecule has 2 aliphatic heterocycles. The number of benzene rings is 9. The number of aliphatic imine (C=N–C) groups is 1. The molecule has 10 aromatic rings. The summed E-state index contributed by atoms with van der Waals surface area (Å²) in [5.41, 5.74) is 17.6. The van der Waals surface area contributed by atoms with Crippen LogP contribution >= 0.6 is 0 Å². The van der Waals surface area contributed by atoms with Crippen molar-refractivity contribution in [3.63, 3.8) is 0 Å². The molecule has 62 heavy (non-hydrogen) atoms. The van der Waals surface area contributed by atoms with Gasteiger partial charge in [-0.1, -0.05) is 182 Å². The number of nitrogens with zero attached hydrogens (tertiary/aromatic N) is 2. The highest BCUT2D eigenvalue weighted by Crippen LogP contribution is 2.46. The lowest BCUT2D eigenvalue weighted by Crippen LogP contribution is -2.40. The summed E-state index contributed by atoms with van der Waals surface area (Å²) in [6.07, 6.45) is -0.398. The Bertz CT molecular complexity index is 3210. The largest absolute Gasteiger partial charge is 0.466 e. The first-order valence-corrected chi connectivity index (χ1v) is 21.1. The smallest absolute Gasteiger partial charge is 0.200 e. The second kappa shape index (κ2) is 14.8. The van der Waals surface area contributed by atoms with E-state index in [0.29, 0.717) is 0 Å². The number of hydrogen-bond donors (Lipinski definition) is 1. The fourth-order valence-corrected chi connectivity index (χ4v) is 9.34. The van der Waals surface area contributed by atoms with Gasteiger partial charge in [0.1, 0.15) is 11.6 Å². The van der Waals surface area contributed by atoms with Crippen molar-refractivity contribution >= 4 is 38.9 Å². The van der Waals surface area contributed by atoms with Crippen LogP contribution in [0.3, 0.4) is 0 Å². The van der Waals surface area contributed by atoms with Gasteiger partial charge < -0.3 is 14.6 Å². The summed E-state index contributed by atoms with van der Waals surface area (Å²) in [4.78, 5) is 5.50. The van der Waals surface area contributed by atoms with Crippen LogP contribution in [0, 0.1) is 0 Å². The van der Waals surface area contributed by atoms with Crippen LogP contribution in [0.5, 0.6) is 5.75 Å². The van der Waals surface area contributed by atoms with Gasteiger partial charge in [-0.3, -0.25) is 0 Å². The molecular formula is C58H39N3O. The molecule has 2 aliphatic rings. The van der Waals surface area contributed by atoms with Gasteiger partial charge >= 0.3 is 0 Å². The highest BCUT2D eigenvalue weighted by Gasteiger charge is 2.36. The van der Waals surface area contributed by atoms with Gasteiger partial charge in [0.15, 0.2) is 6.23 Å². The zero-order valence-corrected chi connectivity index (χ0v) is 33.7. The fraction of sp³-hybridized carbons (Fsp3) is 0.0172. The SMILES string of the molecule is c1ccc(C2=C3c4ccccc4OC3NC(c3cc(-c4ccccc4)c(-n4c5ccc(-c6ccccc6)cc5c5cc(-c6ccccc6)ccc54)c(-c4ccccc4)c3)=N2)cc1. The van der Waals surface area contributed by atoms with Crippen molar-refractivity contribution in [1.82, 2.24) is 9.88 Å². The van der Waals surface area contributed by atoms with Crippen LogP contribution in [0.2, 0.25) is 0 Å². The van der Waals surface area contributed by atoms with Crippen LogP contribution in [0.15, 0.2) is 229 Å². The van der Waals surface area contributed by atoms with Crippen molar-refractivity contribution < 1.29 is 4.74 Å². The highest BCUT2D eigenvalue weighted by molar-refractivity contribution is 6.15. The van der Waals surface area contributed by atoms with E-state index in [-0.39, 0.29) is 0 Å². The molecule has 9 aromatic carbocycles. The Morgan fingerprint density at radius 1 is 0.387 bits per heavy atom. The van der Waals surface area contributed by atoms with Crippen molar-refractivity contribution in [2.75, 3.05) is 0 Å². The highest BCUT2D eigenvalue weighted by atomic mass is 16.5. The van der Waals surface area contributed by atoms with Crippen LogP contribution < -0.4 is 10.1 Å². The predicted octanol–water partition coefficient (Wildman–Crippen LogP) is 14.1. The number of amidine groups is 1. The number of hydrogen-bond acceptors (Lipinski definition) is 3. The van der Waals surface area contributed by atoms with Crippen molar-refractivity contribution in [2.45, 2.75) is 6.23 Å². The first kappa shape index (κ1) is 35.7.